The second-order valence-electron chi connectivity index (χ2n) is 3.57. The first-order valence-electron chi connectivity index (χ1n) is 5.00. The van der Waals surface area contributed by atoms with Gasteiger partial charge in [-0.1, -0.05) is 30.7 Å². The molecule has 0 bridgehead atoms. The van der Waals surface area contributed by atoms with Gasteiger partial charge in [0.15, 0.2) is 5.78 Å². The number of Topliss-reactive ketones (excluding diaryl/α,β-unsaturated/α-hetero) is 1. The lowest BCUT2D eigenvalue weighted by molar-refractivity contribution is 0.0921. The van der Waals surface area contributed by atoms with Crippen LogP contribution in [-0.2, 0) is 0 Å². The van der Waals surface area contributed by atoms with E-state index in [1.807, 2.05) is 38.1 Å². The molecular weight excluding hydrogens is 174 g/mol. The molecule has 0 amide bonds. The quantitative estimate of drug-likeness (QED) is 0.741. The summed E-state index contributed by atoms with van der Waals surface area (Å²) < 4.78 is 0. The highest BCUT2D eigenvalue weighted by atomic mass is 16.1. The van der Waals surface area contributed by atoms with Crippen molar-refractivity contribution in [3.63, 3.8) is 0 Å². The molecule has 0 aliphatic rings. The maximum Gasteiger partial charge on any atom is 0.167 e. The molecule has 2 heteroatoms. The van der Waals surface area contributed by atoms with Crippen LogP contribution in [0.15, 0.2) is 24.3 Å². The molecule has 1 aromatic rings. The lowest BCUT2D eigenvalue weighted by Crippen LogP contribution is -2.23. The van der Waals surface area contributed by atoms with E-state index in [2.05, 4.69) is 0 Å². The molecule has 76 valence electrons. The lowest BCUT2D eigenvalue weighted by Gasteiger charge is -2.10. The Bertz CT molecular complexity index is 316. The summed E-state index contributed by atoms with van der Waals surface area (Å²) in [6.07, 6.45) is 0.809. The van der Waals surface area contributed by atoms with E-state index < -0.39 is 0 Å². The van der Waals surface area contributed by atoms with Crippen LogP contribution in [0.25, 0.3) is 0 Å². The van der Waals surface area contributed by atoms with Crippen molar-refractivity contribution in [3.05, 3.63) is 35.4 Å². The number of carbonyl (C=O) groups is 1. The molecule has 1 atom stereocenters. The first-order chi connectivity index (χ1) is 6.69. The van der Waals surface area contributed by atoms with E-state index in [1.165, 1.54) is 0 Å². The SMILES string of the molecule is CCC(CN)C(=O)c1cccc(C)c1. The standard InChI is InChI=1S/C12H17NO/c1-3-10(8-13)12(14)11-6-4-5-9(2)7-11/h4-7,10H,3,8,13H2,1-2H3. The maximum atomic E-state index is 11.9. The normalized spacial score (nSPS) is 12.5. The summed E-state index contributed by atoms with van der Waals surface area (Å²) in [6.45, 7) is 4.41. The Labute approximate surface area is 85.1 Å². The summed E-state index contributed by atoms with van der Waals surface area (Å²) in [4.78, 5) is 11.9. The minimum Gasteiger partial charge on any atom is -0.330 e. The molecule has 14 heavy (non-hydrogen) atoms. The van der Waals surface area contributed by atoms with Crippen molar-refractivity contribution in [3.8, 4) is 0 Å². The fourth-order valence-electron chi connectivity index (χ4n) is 1.49. The second-order valence-corrected chi connectivity index (χ2v) is 3.57. The fourth-order valence-corrected chi connectivity index (χ4v) is 1.49. The van der Waals surface area contributed by atoms with Crippen molar-refractivity contribution >= 4 is 5.78 Å². The molecule has 1 aromatic carbocycles. The molecule has 2 nitrogen and oxygen atoms in total. The van der Waals surface area contributed by atoms with Gasteiger partial charge < -0.3 is 5.73 Å². The molecule has 0 saturated carbocycles. The monoisotopic (exact) mass is 191 g/mol. The number of carbonyl (C=O) groups excluding carboxylic acids is 1. The zero-order valence-corrected chi connectivity index (χ0v) is 8.79. The Balaban J connectivity index is 2.88. The third-order valence-electron chi connectivity index (χ3n) is 2.45. The number of benzene rings is 1. The summed E-state index contributed by atoms with van der Waals surface area (Å²) in [7, 11) is 0. The van der Waals surface area contributed by atoms with Crippen molar-refractivity contribution in [2.75, 3.05) is 6.54 Å². The van der Waals surface area contributed by atoms with Gasteiger partial charge in [-0.15, -0.1) is 0 Å². The Morgan fingerprint density at radius 3 is 2.71 bits per heavy atom. The molecule has 0 aliphatic carbocycles. The van der Waals surface area contributed by atoms with Gasteiger partial charge in [0.1, 0.15) is 0 Å². The van der Waals surface area contributed by atoms with Crippen LogP contribution in [0.2, 0.25) is 0 Å². The predicted octanol–water partition coefficient (Wildman–Crippen LogP) is 2.16. The number of hydrogen-bond acceptors (Lipinski definition) is 2. The first kappa shape index (κ1) is 10.9. The van der Waals surface area contributed by atoms with E-state index in [0.717, 1.165) is 17.5 Å². The van der Waals surface area contributed by atoms with Gasteiger partial charge in [-0.05, 0) is 19.4 Å². The van der Waals surface area contributed by atoms with Crippen LogP contribution in [0.4, 0.5) is 0 Å². The van der Waals surface area contributed by atoms with Gasteiger partial charge in [-0.2, -0.15) is 0 Å². The molecule has 0 heterocycles. The Morgan fingerprint density at radius 1 is 1.50 bits per heavy atom. The highest BCUT2D eigenvalue weighted by molar-refractivity contribution is 5.98. The van der Waals surface area contributed by atoms with Crippen LogP contribution < -0.4 is 5.73 Å². The third-order valence-corrected chi connectivity index (χ3v) is 2.45. The fraction of sp³-hybridized carbons (Fsp3) is 0.417. The van der Waals surface area contributed by atoms with Crippen LogP contribution in [0.1, 0.15) is 29.3 Å². The molecule has 0 aliphatic heterocycles. The van der Waals surface area contributed by atoms with Gasteiger partial charge in [0.25, 0.3) is 0 Å². The van der Waals surface area contributed by atoms with Gasteiger partial charge in [-0.3, -0.25) is 4.79 Å². The van der Waals surface area contributed by atoms with Crippen LogP contribution in [0.3, 0.4) is 0 Å². The average Bonchev–Trinajstić information content (AvgIpc) is 2.19. The van der Waals surface area contributed by atoms with Crippen molar-refractivity contribution in [1.82, 2.24) is 0 Å². The van der Waals surface area contributed by atoms with E-state index in [0.29, 0.717) is 6.54 Å². The number of nitrogens with two attached hydrogens (primary N) is 1. The molecular formula is C12H17NO. The van der Waals surface area contributed by atoms with Gasteiger partial charge >= 0.3 is 0 Å². The molecule has 0 fully saturated rings. The highest BCUT2D eigenvalue weighted by Gasteiger charge is 2.16. The minimum absolute atomic E-state index is 0.0307. The second kappa shape index (κ2) is 4.91. The Morgan fingerprint density at radius 2 is 2.21 bits per heavy atom. The van der Waals surface area contributed by atoms with Gasteiger partial charge in [0.05, 0.1) is 0 Å². The van der Waals surface area contributed by atoms with Crippen LogP contribution in [0.5, 0.6) is 0 Å². The summed E-state index contributed by atoms with van der Waals surface area (Å²) in [5, 5.41) is 0. The highest BCUT2D eigenvalue weighted by Crippen LogP contribution is 2.12. The number of ketones is 1. The van der Waals surface area contributed by atoms with E-state index in [4.69, 9.17) is 5.73 Å². The van der Waals surface area contributed by atoms with Crippen LogP contribution >= 0.6 is 0 Å². The van der Waals surface area contributed by atoms with Crippen molar-refractivity contribution in [2.45, 2.75) is 20.3 Å². The molecule has 0 radical (unpaired) electrons. The number of rotatable bonds is 4. The van der Waals surface area contributed by atoms with Crippen LogP contribution in [0, 0.1) is 12.8 Å². The maximum absolute atomic E-state index is 11.9. The average molecular weight is 191 g/mol. The molecule has 0 saturated heterocycles. The van der Waals surface area contributed by atoms with E-state index in [-0.39, 0.29) is 11.7 Å². The minimum atomic E-state index is -0.0307. The van der Waals surface area contributed by atoms with Crippen molar-refractivity contribution in [2.24, 2.45) is 11.7 Å². The van der Waals surface area contributed by atoms with E-state index >= 15 is 0 Å². The third kappa shape index (κ3) is 2.42. The van der Waals surface area contributed by atoms with Crippen LogP contribution in [-0.4, -0.2) is 12.3 Å². The Kier molecular flexibility index (Phi) is 3.84. The number of aryl methyl sites for hydroxylation is 1. The topological polar surface area (TPSA) is 43.1 Å². The first-order valence-corrected chi connectivity index (χ1v) is 5.00. The molecule has 1 unspecified atom stereocenters. The lowest BCUT2D eigenvalue weighted by atomic mass is 9.95. The molecule has 1 rings (SSSR count). The Hall–Kier alpha value is -1.15. The van der Waals surface area contributed by atoms with Gasteiger partial charge in [-0.25, -0.2) is 0 Å². The summed E-state index contributed by atoms with van der Waals surface area (Å²) in [5.41, 5.74) is 7.43. The number of hydrogen-bond donors (Lipinski definition) is 1. The van der Waals surface area contributed by atoms with Gasteiger partial charge in [0.2, 0.25) is 0 Å². The molecule has 0 aromatic heterocycles. The zero-order valence-electron chi connectivity index (χ0n) is 8.79. The summed E-state index contributed by atoms with van der Waals surface area (Å²) in [5.74, 6) is 0.135. The largest absolute Gasteiger partial charge is 0.330 e. The van der Waals surface area contributed by atoms with Gasteiger partial charge in [0, 0.05) is 18.0 Å². The van der Waals surface area contributed by atoms with E-state index in [1.54, 1.807) is 0 Å². The van der Waals surface area contributed by atoms with Crippen molar-refractivity contribution < 1.29 is 4.79 Å². The summed E-state index contributed by atoms with van der Waals surface area (Å²) in [6, 6.07) is 7.67. The van der Waals surface area contributed by atoms with E-state index in [9.17, 15) is 4.79 Å². The molecule has 2 N–H and O–H groups in total. The molecule has 0 spiro atoms. The zero-order chi connectivity index (χ0) is 10.6. The predicted molar refractivity (Wildman–Crippen MR) is 58.3 cm³/mol. The van der Waals surface area contributed by atoms with Crippen molar-refractivity contribution in [1.29, 1.82) is 0 Å². The summed E-state index contributed by atoms with van der Waals surface area (Å²) >= 11 is 0. The smallest absolute Gasteiger partial charge is 0.167 e.